The smallest absolute Gasteiger partial charge is 0.320 e. The third-order valence-electron chi connectivity index (χ3n) is 4.95. The number of fused-ring (bicyclic) bond motifs is 1. The number of quaternary nitrogens is 1. The summed E-state index contributed by atoms with van der Waals surface area (Å²) in [5.74, 6) is -0.499. The summed E-state index contributed by atoms with van der Waals surface area (Å²) in [5, 5.41) is 2.77. The van der Waals surface area contributed by atoms with Crippen LogP contribution >= 0.6 is 0 Å². The van der Waals surface area contributed by atoms with E-state index in [9.17, 15) is 14.0 Å². The fourth-order valence-corrected chi connectivity index (χ4v) is 3.44. The fourth-order valence-electron chi connectivity index (χ4n) is 3.44. The van der Waals surface area contributed by atoms with Crippen molar-refractivity contribution in [3.8, 4) is 5.75 Å². The van der Waals surface area contributed by atoms with Crippen molar-refractivity contribution in [3.63, 3.8) is 0 Å². The van der Waals surface area contributed by atoms with Gasteiger partial charge in [-0.25, -0.2) is 9.18 Å². The highest BCUT2D eigenvalue weighted by Crippen LogP contribution is 2.46. The lowest BCUT2D eigenvalue weighted by Gasteiger charge is -2.34. The van der Waals surface area contributed by atoms with Crippen LogP contribution in [0.5, 0.6) is 5.75 Å². The summed E-state index contributed by atoms with van der Waals surface area (Å²) >= 11 is 0. The number of rotatable bonds is 6. The number of carbonyl (C=O) groups excluding carboxylic acids is 2. The summed E-state index contributed by atoms with van der Waals surface area (Å²) < 4.78 is 19.5. The van der Waals surface area contributed by atoms with Gasteiger partial charge in [-0.15, -0.1) is 0 Å². The highest BCUT2D eigenvalue weighted by molar-refractivity contribution is 5.98. The van der Waals surface area contributed by atoms with Crippen LogP contribution in [-0.2, 0) is 9.59 Å². The van der Waals surface area contributed by atoms with Crippen molar-refractivity contribution in [1.29, 1.82) is 0 Å². The molecule has 2 amide bonds. The predicted octanol–water partition coefficient (Wildman–Crippen LogP) is 3.37. The number of carbonyl (C=O) groups is 2. The molecule has 0 bridgehead atoms. The minimum atomic E-state index is -0.482. The maximum Gasteiger partial charge on any atom is 0.320 e. The first kappa shape index (κ1) is 19.1. The van der Waals surface area contributed by atoms with E-state index in [0.29, 0.717) is 18.7 Å². The SMILES string of the molecule is CCC(C)[N+]1(C(C)=O)C=C(CCNC(C)=O)c2cc(OC)c(F)cc21. The highest BCUT2D eigenvalue weighted by atomic mass is 19.1. The molecule has 1 aliphatic rings. The van der Waals surface area contributed by atoms with Crippen LogP contribution in [0.25, 0.3) is 5.57 Å². The Bertz CT molecular complexity index is 730. The van der Waals surface area contributed by atoms with E-state index in [0.717, 1.165) is 17.6 Å². The van der Waals surface area contributed by atoms with Crippen LogP contribution in [0, 0.1) is 5.82 Å². The van der Waals surface area contributed by atoms with Gasteiger partial charge in [0.1, 0.15) is 12.2 Å². The Labute approximate surface area is 148 Å². The molecular weight excluding hydrogens is 323 g/mol. The molecule has 0 aliphatic carbocycles. The highest BCUT2D eigenvalue weighted by Gasteiger charge is 2.47. The summed E-state index contributed by atoms with van der Waals surface area (Å²) in [6.07, 6.45) is 3.23. The summed E-state index contributed by atoms with van der Waals surface area (Å²) in [7, 11) is 1.42. The minimum Gasteiger partial charge on any atom is -0.494 e. The molecule has 5 nitrogen and oxygen atoms in total. The van der Waals surface area contributed by atoms with Crippen molar-refractivity contribution >= 4 is 23.1 Å². The average molecular weight is 349 g/mol. The van der Waals surface area contributed by atoms with Gasteiger partial charge in [-0.05, 0) is 25.8 Å². The molecule has 1 aromatic carbocycles. The molecule has 0 saturated carbocycles. The fraction of sp³-hybridized carbons (Fsp3) is 0.474. The van der Waals surface area contributed by atoms with E-state index >= 15 is 0 Å². The molecule has 2 unspecified atom stereocenters. The Kier molecular flexibility index (Phi) is 5.62. The van der Waals surface area contributed by atoms with E-state index in [1.807, 2.05) is 20.0 Å². The Morgan fingerprint density at radius 1 is 1.32 bits per heavy atom. The predicted molar refractivity (Wildman–Crippen MR) is 96.5 cm³/mol. The lowest BCUT2D eigenvalue weighted by Crippen LogP contribution is -2.53. The van der Waals surface area contributed by atoms with E-state index in [1.54, 1.807) is 6.07 Å². The molecule has 25 heavy (non-hydrogen) atoms. The van der Waals surface area contributed by atoms with Gasteiger partial charge < -0.3 is 10.1 Å². The summed E-state index contributed by atoms with van der Waals surface area (Å²) in [6, 6.07) is 3.03. The molecule has 136 valence electrons. The molecular formula is C19H26FN2O3+. The number of methoxy groups -OCH3 is 1. The van der Waals surface area contributed by atoms with Crippen molar-refractivity contribution in [2.45, 2.75) is 46.6 Å². The molecule has 2 atom stereocenters. The topological polar surface area (TPSA) is 55.4 Å². The van der Waals surface area contributed by atoms with Gasteiger partial charge in [-0.2, -0.15) is 4.48 Å². The maximum atomic E-state index is 14.4. The second-order valence-electron chi connectivity index (χ2n) is 6.44. The van der Waals surface area contributed by atoms with Crippen LogP contribution in [0.4, 0.5) is 10.1 Å². The first-order valence-corrected chi connectivity index (χ1v) is 8.52. The third kappa shape index (κ3) is 3.31. The van der Waals surface area contributed by atoms with E-state index < -0.39 is 5.82 Å². The molecule has 0 spiro atoms. The van der Waals surface area contributed by atoms with E-state index in [4.69, 9.17) is 4.74 Å². The third-order valence-corrected chi connectivity index (χ3v) is 4.95. The van der Waals surface area contributed by atoms with Crippen molar-refractivity contribution in [2.24, 2.45) is 0 Å². The van der Waals surface area contributed by atoms with Crippen LogP contribution in [0.3, 0.4) is 0 Å². The molecule has 1 N–H and O–H groups in total. The van der Waals surface area contributed by atoms with Crippen LogP contribution in [0.15, 0.2) is 18.3 Å². The van der Waals surface area contributed by atoms with Crippen molar-refractivity contribution in [1.82, 2.24) is 9.80 Å². The van der Waals surface area contributed by atoms with Crippen molar-refractivity contribution in [2.75, 3.05) is 13.7 Å². The van der Waals surface area contributed by atoms with Crippen molar-refractivity contribution < 1.29 is 18.7 Å². The van der Waals surface area contributed by atoms with E-state index in [1.165, 1.54) is 27.0 Å². The largest absolute Gasteiger partial charge is 0.494 e. The van der Waals surface area contributed by atoms with E-state index in [-0.39, 0.29) is 28.1 Å². The van der Waals surface area contributed by atoms with Gasteiger partial charge in [0, 0.05) is 30.7 Å². The molecule has 1 aromatic rings. The quantitative estimate of drug-likeness (QED) is 0.801. The van der Waals surface area contributed by atoms with Gasteiger partial charge in [-0.1, -0.05) is 6.92 Å². The second kappa shape index (κ2) is 7.35. The molecule has 2 rings (SSSR count). The van der Waals surface area contributed by atoms with Gasteiger partial charge in [-0.3, -0.25) is 4.79 Å². The van der Waals surface area contributed by atoms with Gasteiger partial charge in [0.15, 0.2) is 17.3 Å². The Hall–Kier alpha value is -2.21. The first-order valence-electron chi connectivity index (χ1n) is 8.52. The van der Waals surface area contributed by atoms with Crippen molar-refractivity contribution in [3.05, 3.63) is 29.7 Å². The number of ether oxygens (including phenoxy) is 1. The molecule has 0 aromatic heterocycles. The number of hydrogen-bond donors (Lipinski definition) is 1. The number of halogens is 1. The average Bonchev–Trinajstić information content (AvgIpc) is 2.87. The Morgan fingerprint density at radius 2 is 2.00 bits per heavy atom. The molecule has 0 radical (unpaired) electrons. The zero-order valence-electron chi connectivity index (χ0n) is 15.5. The zero-order valence-corrected chi connectivity index (χ0v) is 15.5. The molecule has 6 heteroatoms. The molecule has 1 aliphatic heterocycles. The van der Waals surface area contributed by atoms with Gasteiger partial charge in [0.05, 0.1) is 14.0 Å². The first-order chi connectivity index (χ1) is 11.8. The number of nitrogens with one attached hydrogen (secondary N) is 1. The lowest BCUT2D eigenvalue weighted by atomic mass is 10.0. The second-order valence-corrected chi connectivity index (χ2v) is 6.44. The van der Waals surface area contributed by atoms with Gasteiger partial charge in [0.2, 0.25) is 5.91 Å². The Morgan fingerprint density at radius 3 is 2.52 bits per heavy atom. The number of amides is 2. The van der Waals surface area contributed by atoms with Crippen LogP contribution in [0.1, 0.15) is 46.1 Å². The zero-order chi connectivity index (χ0) is 18.8. The summed E-state index contributed by atoms with van der Waals surface area (Å²) in [5.41, 5.74) is 2.36. The normalized spacial score (nSPS) is 19.8. The maximum absolute atomic E-state index is 14.4. The Balaban J connectivity index is 2.59. The number of benzene rings is 1. The minimum absolute atomic E-state index is 0.0118. The van der Waals surface area contributed by atoms with E-state index in [2.05, 4.69) is 5.32 Å². The van der Waals surface area contributed by atoms with Gasteiger partial charge in [0.25, 0.3) is 0 Å². The number of hydrogen-bond acceptors (Lipinski definition) is 3. The monoisotopic (exact) mass is 349 g/mol. The van der Waals surface area contributed by atoms with Crippen LogP contribution in [-0.4, -0.2) is 31.5 Å². The lowest BCUT2D eigenvalue weighted by molar-refractivity contribution is -0.127. The molecule has 0 fully saturated rings. The van der Waals surface area contributed by atoms with Crippen LogP contribution in [0.2, 0.25) is 0 Å². The summed E-state index contributed by atoms with van der Waals surface area (Å²) in [4.78, 5) is 23.8. The summed E-state index contributed by atoms with van der Waals surface area (Å²) in [6.45, 7) is 7.45. The molecule has 0 saturated heterocycles. The number of nitrogens with zero attached hydrogens (tertiary/aromatic N) is 1. The standard InChI is InChI=1S/C19H25FN2O3/c1-6-12(2)22(14(4)24)11-15(7-8-21-13(3)23)16-9-19(25-5)17(20)10-18(16)22/h9-12H,6-8H2,1-5H3/p+1. The van der Waals surface area contributed by atoms with Gasteiger partial charge >= 0.3 is 5.91 Å². The molecule has 1 heterocycles. The van der Waals surface area contributed by atoms with Crippen LogP contribution < -0.4 is 14.5 Å².